The first-order valence-electron chi connectivity index (χ1n) is 10.7. The molecule has 3 aromatic rings. The number of nitrogens with zero attached hydrogens (tertiary/aromatic N) is 2. The summed E-state index contributed by atoms with van der Waals surface area (Å²) in [6, 6.07) is 10.4. The Kier molecular flexibility index (Phi) is 6.64. The molecule has 0 bridgehead atoms. The molecular weight excluding hydrogens is 453 g/mol. The van der Waals surface area contributed by atoms with Crippen LogP contribution in [0.4, 0.5) is 18.9 Å². The summed E-state index contributed by atoms with van der Waals surface area (Å²) in [6.45, 7) is 2.40. The number of carbonyl (C=O) groups excluding carboxylic acids is 2. The van der Waals surface area contributed by atoms with Crippen LogP contribution >= 0.6 is 11.8 Å². The zero-order valence-electron chi connectivity index (χ0n) is 17.9. The maximum absolute atomic E-state index is 13.1. The molecular formula is C23H23F3N4O2S. The lowest BCUT2D eigenvalue weighted by Crippen LogP contribution is -2.27. The lowest BCUT2D eigenvalue weighted by atomic mass is 10.1. The van der Waals surface area contributed by atoms with Crippen LogP contribution in [-0.2, 0) is 17.5 Å². The summed E-state index contributed by atoms with van der Waals surface area (Å²) in [7, 11) is 0. The molecule has 174 valence electrons. The predicted molar refractivity (Wildman–Crippen MR) is 121 cm³/mol. The normalized spacial score (nSPS) is 13.8. The average Bonchev–Trinajstić information content (AvgIpc) is 3.52. The number of imidazole rings is 1. The Hall–Kier alpha value is -3.01. The third-order valence-corrected chi connectivity index (χ3v) is 6.15. The first-order chi connectivity index (χ1) is 15.8. The summed E-state index contributed by atoms with van der Waals surface area (Å²) in [5.41, 5.74) is 0.902. The van der Waals surface area contributed by atoms with Gasteiger partial charge < -0.3 is 15.2 Å². The molecule has 0 unspecified atom stereocenters. The molecule has 1 aliphatic rings. The number of alkyl halides is 3. The fourth-order valence-corrected chi connectivity index (χ4v) is 4.26. The van der Waals surface area contributed by atoms with Gasteiger partial charge in [0.25, 0.3) is 5.91 Å². The van der Waals surface area contributed by atoms with Crippen molar-refractivity contribution >= 4 is 40.3 Å². The predicted octanol–water partition coefficient (Wildman–Crippen LogP) is 5.09. The van der Waals surface area contributed by atoms with Gasteiger partial charge in [-0.15, -0.1) is 0 Å². The van der Waals surface area contributed by atoms with Gasteiger partial charge in [-0.05, 0) is 49.6 Å². The molecule has 0 spiro atoms. The van der Waals surface area contributed by atoms with Crippen molar-refractivity contribution in [2.75, 3.05) is 11.1 Å². The van der Waals surface area contributed by atoms with Crippen LogP contribution in [0, 0.1) is 0 Å². The molecule has 0 aliphatic heterocycles. The fraction of sp³-hybridized carbons (Fsp3) is 0.348. The zero-order chi connectivity index (χ0) is 23.6. The van der Waals surface area contributed by atoms with Gasteiger partial charge in [0, 0.05) is 12.6 Å². The van der Waals surface area contributed by atoms with Gasteiger partial charge in [0.05, 0.1) is 33.6 Å². The number of para-hydroxylation sites is 1. The Morgan fingerprint density at radius 1 is 1.18 bits per heavy atom. The number of fused-ring (bicyclic) bond motifs is 1. The van der Waals surface area contributed by atoms with E-state index in [9.17, 15) is 22.8 Å². The number of anilines is 1. The average molecular weight is 477 g/mol. The van der Waals surface area contributed by atoms with Gasteiger partial charge in [-0.2, -0.15) is 13.2 Å². The number of aromatic nitrogens is 2. The van der Waals surface area contributed by atoms with Crippen LogP contribution < -0.4 is 10.6 Å². The van der Waals surface area contributed by atoms with Crippen molar-refractivity contribution < 1.29 is 22.8 Å². The summed E-state index contributed by atoms with van der Waals surface area (Å²) >= 11 is 1.15. The molecule has 1 heterocycles. The zero-order valence-corrected chi connectivity index (χ0v) is 18.7. The number of thioether (sulfide) groups is 1. The minimum atomic E-state index is -4.44. The first-order valence-corrected chi connectivity index (χ1v) is 11.6. The number of aryl methyl sites for hydroxylation is 1. The largest absolute Gasteiger partial charge is 0.416 e. The summed E-state index contributed by atoms with van der Waals surface area (Å²) in [4.78, 5) is 29.5. The van der Waals surface area contributed by atoms with Gasteiger partial charge in [-0.3, -0.25) is 9.59 Å². The van der Waals surface area contributed by atoms with E-state index in [4.69, 9.17) is 0 Å². The summed E-state index contributed by atoms with van der Waals surface area (Å²) < 4.78 is 41.2. The van der Waals surface area contributed by atoms with E-state index in [1.165, 1.54) is 6.07 Å². The smallest absolute Gasteiger partial charge is 0.349 e. The highest BCUT2D eigenvalue weighted by Crippen LogP contribution is 2.33. The molecule has 33 heavy (non-hydrogen) atoms. The van der Waals surface area contributed by atoms with E-state index in [1.54, 1.807) is 28.8 Å². The number of halogens is 3. The maximum Gasteiger partial charge on any atom is 0.416 e. The van der Waals surface area contributed by atoms with Crippen molar-refractivity contribution in [1.82, 2.24) is 14.9 Å². The fourth-order valence-electron chi connectivity index (χ4n) is 3.42. The van der Waals surface area contributed by atoms with Crippen molar-refractivity contribution in [2.45, 2.75) is 50.1 Å². The van der Waals surface area contributed by atoms with Crippen LogP contribution in [0.1, 0.15) is 42.1 Å². The molecule has 1 saturated carbocycles. The van der Waals surface area contributed by atoms with Gasteiger partial charge >= 0.3 is 6.18 Å². The van der Waals surface area contributed by atoms with Crippen LogP contribution in [0.2, 0.25) is 0 Å². The minimum absolute atomic E-state index is 0.00224. The van der Waals surface area contributed by atoms with E-state index < -0.39 is 11.7 Å². The van der Waals surface area contributed by atoms with E-state index >= 15 is 0 Å². The van der Waals surface area contributed by atoms with Crippen molar-refractivity contribution in [2.24, 2.45) is 0 Å². The van der Waals surface area contributed by atoms with Gasteiger partial charge in [-0.25, -0.2) is 4.98 Å². The van der Waals surface area contributed by atoms with Crippen LogP contribution in [0.3, 0.4) is 0 Å². The monoisotopic (exact) mass is 476 g/mol. The SMILES string of the molecule is CCCn1c(SCC(=O)Nc2ccccc2C(=O)NC2CC2)nc2ccc(C(F)(F)F)cc21. The Morgan fingerprint density at radius 3 is 2.64 bits per heavy atom. The second kappa shape index (κ2) is 9.46. The molecule has 1 aliphatic carbocycles. The summed E-state index contributed by atoms with van der Waals surface area (Å²) in [5.74, 6) is -0.568. The lowest BCUT2D eigenvalue weighted by Gasteiger charge is -2.12. The second-order valence-electron chi connectivity index (χ2n) is 7.88. The summed E-state index contributed by atoms with van der Waals surface area (Å²) in [6.07, 6.45) is -1.83. The quantitative estimate of drug-likeness (QED) is 0.444. The van der Waals surface area contributed by atoms with Crippen LogP contribution in [0.5, 0.6) is 0 Å². The van der Waals surface area contributed by atoms with Crippen molar-refractivity contribution in [1.29, 1.82) is 0 Å². The molecule has 2 amide bonds. The Morgan fingerprint density at radius 2 is 1.94 bits per heavy atom. The van der Waals surface area contributed by atoms with Crippen molar-refractivity contribution in [3.05, 3.63) is 53.6 Å². The third kappa shape index (κ3) is 5.50. The van der Waals surface area contributed by atoms with Gasteiger partial charge in [0.15, 0.2) is 5.16 Å². The Labute approximate surface area is 192 Å². The molecule has 10 heteroatoms. The number of nitrogens with one attached hydrogen (secondary N) is 2. The van der Waals surface area contributed by atoms with Crippen LogP contribution in [0.15, 0.2) is 47.6 Å². The molecule has 6 nitrogen and oxygen atoms in total. The molecule has 2 aromatic carbocycles. The topological polar surface area (TPSA) is 76.0 Å². The highest BCUT2D eigenvalue weighted by Gasteiger charge is 2.31. The van der Waals surface area contributed by atoms with E-state index in [2.05, 4.69) is 15.6 Å². The molecule has 2 N–H and O–H groups in total. The molecule has 0 saturated heterocycles. The van der Waals surface area contributed by atoms with Crippen molar-refractivity contribution in [3.8, 4) is 0 Å². The molecule has 1 aromatic heterocycles. The second-order valence-corrected chi connectivity index (χ2v) is 8.82. The van der Waals surface area contributed by atoms with E-state index in [0.29, 0.717) is 40.4 Å². The van der Waals surface area contributed by atoms with Gasteiger partial charge in [0.2, 0.25) is 5.91 Å². The standard InChI is InChI=1S/C23H23F3N4O2S/c1-2-11-30-19-12-14(23(24,25)26)7-10-18(19)29-22(30)33-13-20(31)28-17-6-4-3-5-16(17)21(32)27-15-8-9-15/h3-7,10,12,15H,2,8-9,11,13H2,1H3,(H,27,32)(H,28,31). The van der Waals surface area contributed by atoms with Crippen LogP contribution in [-0.4, -0.2) is 33.2 Å². The Bertz CT molecular complexity index is 1190. The number of hydrogen-bond donors (Lipinski definition) is 2. The number of carbonyl (C=O) groups is 2. The number of benzene rings is 2. The summed E-state index contributed by atoms with van der Waals surface area (Å²) in [5, 5.41) is 6.14. The van der Waals surface area contributed by atoms with Crippen molar-refractivity contribution in [3.63, 3.8) is 0 Å². The highest BCUT2D eigenvalue weighted by molar-refractivity contribution is 7.99. The number of amides is 2. The number of hydrogen-bond acceptors (Lipinski definition) is 4. The Balaban J connectivity index is 1.49. The minimum Gasteiger partial charge on any atom is -0.349 e. The molecule has 1 fully saturated rings. The van der Waals surface area contributed by atoms with E-state index in [-0.39, 0.29) is 23.6 Å². The third-order valence-electron chi connectivity index (χ3n) is 5.18. The van der Waals surface area contributed by atoms with Gasteiger partial charge in [0.1, 0.15) is 0 Å². The molecule has 0 radical (unpaired) electrons. The van der Waals surface area contributed by atoms with E-state index in [1.807, 2.05) is 6.92 Å². The van der Waals surface area contributed by atoms with Crippen LogP contribution in [0.25, 0.3) is 11.0 Å². The van der Waals surface area contributed by atoms with Gasteiger partial charge in [-0.1, -0.05) is 30.8 Å². The first kappa shape index (κ1) is 23.2. The highest BCUT2D eigenvalue weighted by atomic mass is 32.2. The lowest BCUT2D eigenvalue weighted by molar-refractivity contribution is -0.137. The van der Waals surface area contributed by atoms with E-state index in [0.717, 1.165) is 36.7 Å². The maximum atomic E-state index is 13.1. The molecule has 0 atom stereocenters. The molecule has 4 rings (SSSR count). The number of rotatable bonds is 8.